The SMILES string of the molecule is Cc1nn(-c2ccccc2)c2c1[C@@H](c1ccc(F)cc1)C(C#N)=C(N)O2. The van der Waals surface area contributed by atoms with Crippen molar-refractivity contribution < 1.29 is 9.13 Å². The summed E-state index contributed by atoms with van der Waals surface area (Å²) in [6.45, 7) is 1.86. The second-order valence-corrected chi connectivity index (χ2v) is 6.03. The van der Waals surface area contributed by atoms with Crippen LogP contribution in [0.5, 0.6) is 5.88 Å². The maximum atomic E-state index is 13.4. The highest BCUT2D eigenvalue weighted by Crippen LogP contribution is 2.44. The Bertz CT molecular complexity index is 1050. The van der Waals surface area contributed by atoms with E-state index in [4.69, 9.17) is 10.5 Å². The van der Waals surface area contributed by atoms with Gasteiger partial charge in [0.15, 0.2) is 0 Å². The predicted octanol–water partition coefficient (Wildman–Crippen LogP) is 3.54. The molecule has 2 heterocycles. The first-order chi connectivity index (χ1) is 12.6. The summed E-state index contributed by atoms with van der Waals surface area (Å²) in [6.07, 6.45) is 0. The van der Waals surface area contributed by atoms with Crippen molar-refractivity contribution in [3.63, 3.8) is 0 Å². The third kappa shape index (κ3) is 2.42. The van der Waals surface area contributed by atoms with Crippen LogP contribution in [0.25, 0.3) is 5.69 Å². The first-order valence-electron chi connectivity index (χ1n) is 8.08. The molecule has 2 aromatic carbocycles. The lowest BCUT2D eigenvalue weighted by Crippen LogP contribution is -2.22. The first-order valence-corrected chi connectivity index (χ1v) is 8.08. The molecule has 0 amide bonds. The second kappa shape index (κ2) is 6.05. The van der Waals surface area contributed by atoms with Crippen molar-refractivity contribution in [1.29, 1.82) is 5.26 Å². The third-order valence-electron chi connectivity index (χ3n) is 4.44. The topological polar surface area (TPSA) is 76.9 Å². The van der Waals surface area contributed by atoms with Gasteiger partial charge in [0.25, 0.3) is 0 Å². The number of benzene rings is 2. The zero-order valence-electron chi connectivity index (χ0n) is 14.0. The number of rotatable bonds is 2. The van der Waals surface area contributed by atoms with Crippen LogP contribution >= 0.6 is 0 Å². The van der Waals surface area contributed by atoms with Crippen molar-refractivity contribution in [2.75, 3.05) is 0 Å². The summed E-state index contributed by atoms with van der Waals surface area (Å²) in [5.41, 5.74) is 9.38. The van der Waals surface area contributed by atoms with Crippen molar-refractivity contribution >= 4 is 0 Å². The molecule has 1 atom stereocenters. The number of hydrogen-bond acceptors (Lipinski definition) is 4. The molecule has 0 saturated heterocycles. The van der Waals surface area contributed by atoms with Gasteiger partial charge in [-0.25, -0.2) is 9.07 Å². The normalized spacial score (nSPS) is 16.0. The Morgan fingerprint density at radius 2 is 1.85 bits per heavy atom. The van der Waals surface area contributed by atoms with Crippen LogP contribution < -0.4 is 10.5 Å². The molecular formula is C20H15FN4O. The highest BCUT2D eigenvalue weighted by atomic mass is 19.1. The molecule has 3 aromatic rings. The number of ether oxygens (including phenoxy) is 1. The summed E-state index contributed by atoms with van der Waals surface area (Å²) in [4.78, 5) is 0. The van der Waals surface area contributed by atoms with E-state index in [0.717, 1.165) is 22.5 Å². The van der Waals surface area contributed by atoms with E-state index in [1.165, 1.54) is 12.1 Å². The van der Waals surface area contributed by atoms with E-state index < -0.39 is 5.92 Å². The fraction of sp³-hybridized carbons (Fsp3) is 0.100. The van der Waals surface area contributed by atoms with Gasteiger partial charge in [-0.15, -0.1) is 0 Å². The van der Waals surface area contributed by atoms with Gasteiger partial charge in [-0.05, 0) is 36.8 Å². The van der Waals surface area contributed by atoms with Gasteiger partial charge in [0, 0.05) is 0 Å². The van der Waals surface area contributed by atoms with E-state index in [-0.39, 0.29) is 11.7 Å². The largest absolute Gasteiger partial charge is 0.422 e. The number of para-hydroxylation sites is 1. The molecule has 0 unspecified atom stereocenters. The Kier molecular flexibility index (Phi) is 3.70. The highest BCUT2D eigenvalue weighted by Gasteiger charge is 2.36. The number of halogens is 1. The maximum absolute atomic E-state index is 13.4. The van der Waals surface area contributed by atoms with Gasteiger partial charge in [0.1, 0.15) is 17.5 Å². The number of nitriles is 1. The van der Waals surface area contributed by atoms with Gasteiger partial charge in [-0.3, -0.25) is 0 Å². The Morgan fingerprint density at radius 3 is 2.50 bits per heavy atom. The van der Waals surface area contributed by atoms with Gasteiger partial charge in [-0.2, -0.15) is 10.4 Å². The second-order valence-electron chi connectivity index (χ2n) is 6.03. The average molecular weight is 346 g/mol. The molecule has 1 aliphatic rings. The minimum Gasteiger partial charge on any atom is -0.422 e. The van der Waals surface area contributed by atoms with Crippen LogP contribution in [-0.2, 0) is 0 Å². The van der Waals surface area contributed by atoms with Crippen LogP contribution in [0.3, 0.4) is 0 Å². The van der Waals surface area contributed by atoms with Crippen LogP contribution in [-0.4, -0.2) is 9.78 Å². The van der Waals surface area contributed by atoms with Crippen LogP contribution in [0.2, 0.25) is 0 Å². The van der Waals surface area contributed by atoms with E-state index in [1.807, 2.05) is 37.3 Å². The van der Waals surface area contributed by atoms with Crippen molar-refractivity contribution in [2.45, 2.75) is 12.8 Å². The zero-order chi connectivity index (χ0) is 18.3. The Hall–Kier alpha value is -3.59. The fourth-order valence-electron chi connectivity index (χ4n) is 3.25. The summed E-state index contributed by atoms with van der Waals surface area (Å²) in [5, 5.41) is 14.2. The number of aromatic nitrogens is 2. The Morgan fingerprint density at radius 1 is 1.15 bits per heavy atom. The van der Waals surface area contributed by atoms with E-state index in [1.54, 1.807) is 16.8 Å². The van der Waals surface area contributed by atoms with Crippen LogP contribution in [0, 0.1) is 24.1 Å². The van der Waals surface area contributed by atoms with Crippen molar-refractivity contribution in [1.82, 2.24) is 9.78 Å². The Labute approximate surface area is 149 Å². The number of fused-ring (bicyclic) bond motifs is 1. The molecule has 0 aliphatic carbocycles. The summed E-state index contributed by atoms with van der Waals surface area (Å²) < 4.78 is 20.8. The molecule has 5 nitrogen and oxygen atoms in total. The monoisotopic (exact) mass is 346 g/mol. The van der Waals surface area contributed by atoms with Gasteiger partial charge in [0.05, 0.1) is 22.9 Å². The molecule has 0 bridgehead atoms. The van der Waals surface area contributed by atoms with Crippen LogP contribution in [0.15, 0.2) is 66.1 Å². The van der Waals surface area contributed by atoms with Crippen LogP contribution in [0.1, 0.15) is 22.7 Å². The fourth-order valence-corrected chi connectivity index (χ4v) is 3.25. The average Bonchev–Trinajstić information content (AvgIpc) is 2.98. The van der Waals surface area contributed by atoms with Crippen molar-refractivity contribution in [3.05, 3.63) is 88.7 Å². The first kappa shape index (κ1) is 15.9. The summed E-state index contributed by atoms with van der Waals surface area (Å²) >= 11 is 0. The number of allylic oxidation sites excluding steroid dienone is 1. The van der Waals surface area contributed by atoms with E-state index in [2.05, 4.69) is 11.2 Å². The molecule has 6 heteroatoms. The molecule has 0 spiro atoms. The third-order valence-corrected chi connectivity index (χ3v) is 4.44. The molecule has 0 fully saturated rings. The smallest absolute Gasteiger partial charge is 0.229 e. The van der Waals surface area contributed by atoms with Crippen LogP contribution in [0.4, 0.5) is 4.39 Å². The van der Waals surface area contributed by atoms with Gasteiger partial charge < -0.3 is 10.5 Å². The van der Waals surface area contributed by atoms with Crippen molar-refractivity contribution in [2.24, 2.45) is 5.73 Å². The van der Waals surface area contributed by atoms with Gasteiger partial charge in [-0.1, -0.05) is 30.3 Å². The van der Waals surface area contributed by atoms with Gasteiger partial charge >= 0.3 is 0 Å². The summed E-state index contributed by atoms with van der Waals surface area (Å²) in [5.74, 6) is -0.291. The number of aryl methyl sites for hydroxylation is 1. The van der Waals surface area contributed by atoms with Gasteiger partial charge in [0.2, 0.25) is 11.8 Å². The minimum absolute atomic E-state index is 0.0337. The van der Waals surface area contributed by atoms with E-state index >= 15 is 0 Å². The standard InChI is InChI=1S/C20H15FN4O/c1-12-17-18(13-7-9-14(21)10-8-13)16(11-22)19(23)26-20(17)25(24-12)15-5-3-2-4-6-15/h2-10,18H,23H2,1H3/t18-/m0/s1. The summed E-state index contributed by atoms with van der Waals surface area (Å²) in [6, 6.07) is 17.7. The minimum atomic E-state index is -0.457. The highest BCUT2D eigenvalue weighted by molar-refractivity contribution is 5.57. The molecular weight excluding hydrogens is 331 g/mol. The lowest BCUT2D eigenvalue weighted by atomic mass is 9.84. The number of nitrogens with zero attached hydrogens (tertiary/aromatic N) is 3. The number of hydrogen-bond donors (Lipinski definition) is 1. The summed E-state index contributed by atoms with van der Waals surface area (Å²) in [7, 11) is 0. The quantitative estimate of drug-likeness (QED) is 0.770. The molecule has 0 saturated carbocycles. The molecule has 1 aliphatic heterocycles. The molecule has 0 radical (unpaired) electrons. The van der Waals surface area contributed by atoms with E-state index in [9.17, 15) is 9.65 Å². The predicted molar refractivity (Wildman–Crippen MR) is 94.0 cm³/mol. The molecule has 4 rings (SSSR count). The molecule has 2 N–H and O–H groups in total. The zero-order valence-corrected chi connectivity index (χ0v) is 14.0. The Balaban J connectivity index is 1.95. The van der Waals surface area contributed by atoms with Crippen molar-refractivity contribution in [3.8, 4) is 17.6 Å². The molecule has 128 valence electrons. The number of nitrogens with two attached hydrogens (primary N) is 1. The molecule has 26 heavy (non-hydrogen) atoms. The maximum Gasteiger partial charge on any atom is 0.229 e. The lowest BCUT2D eigenvalue weighted by Gasteiger charge is -2.24. The lowest BCUT2D eigenvalue weighted by molar-refractivity contribution is 0.367. The van der Waals surface area contributed by atoms with E-state index in [0.29, 0.717) is 11.5 Å². The molecule has 1 aromatic heterocycles.